The molecule has 0 fully saturated rings. The van der Waals surface area contributed by atoms with E-state index in [2.05, 4.69) is 26.1 Å². The van der Waals surface area contributed by atoms with Crippen molar-refractivity contribution in [2.75, 3.05) is 0 Å². The molecule has 1 aromatic heterocycles. The molecule has 0 saturated heterocycles. The summed E-state index contributed by atoms with van der Waals surface area (Å²) in [6.45, 7) is 6.10. The first-order valence-corrected chi connectivity index (χ1v) is 6.04. The van der Waals surface area contributed by atoms with Crippen LogP contribution in [-0.4, -0.2) is 10.2 Å². The predicted octanol–water partition coefficient (Wildman–Crippen LogP) is 3.34. The van der Waals surface area contributed by atoms with E-state index in [0.29, 0.717) is 18.4 Å². The molecule has 0 atom stereocenters. The van der Waals surface area contributed by atoms with E-state index in [4.69, 9.17) is 9.15 Å². The first kappa shape index (κ1) is 12.1. The standard InChI is InChI=1S/C12H13BrN2O2/c1-7-4-10(5-8(2)12(7)13)16-6-11-15-14-9(3)17-11/h4-5H,6H2,1-3H3. The Hall–Kier alpha value is -1.36. The zero-order valence-electron chi connectivity index (χ0n) is 9.95. The van der Waals surface area contributed by atoms with Crippen LogP contribution in [0.15, 0.2) is 21.0 Å². The highest BCUT2D eigenvalue weighted by Crippen LogP contribution is 2.26. The maximum Gasteiger partial charge on any atom is 0.253 e. The lowest BCUT2D eigenvalue weighted by Crippen LogP contribution is -1.97. The summed E-state index contributed by atoms with van der Waals surface area (Å²) in [5.74, 6) is 1.84. The first-order chi connectivity index (χ1) is 8.06. The summed E-state index contributed by atoms with van der Waals surface area (Å²) in [4.78, 5) is 0. The fourth-order valence-corrected chi connectivity index (χ4v) is 1.76. The summed E-state index contributed by atoms with van der Waals surface area (Å²) in [6, 6.07) is 3.95. The van der Waals surface area contributed by atoms with Gasteiger partial charge in [-0.25, -0.2) is 0 Å². The van der Waals surface area contributed by atoms with Crippen molar-refractivity contribution in [2.45, 2.75) is 27.4 Å². The van der Waals surface area contributed by atoms with Gasteiger partial charge in [-0.3, -0.25) is 0 Å². The van der Waals surface area contributed by atoms with Crippen LogP contribution in [0.3, 0.4) is 0 Å². The van der Waals surface area contributed by atoms with Gasteiger partial charge in [-0.2, -0.15) is 0 Å². The van der Waals surface area contributed by atoms with Gasteiger partial charge in [-0.1, -0.05) is 15.9 Å². The number of ether oxygens (including phenoxy) is 1. The average Bonchev–Trinajstić information content (AvgIpc) is 2.69. The molecule has 0 radical (unpaired) electrons. The molecule has 0 aliphatic carbocycles. The lowest BCUT2D eigenvalue weighted by atomic mass is 10.1. The number of aryl methyl sites for hydroxylation is 3. The number of benzene rings is 1. The first-order valence-electron chi connectivity index (χ1n) is 5.25. The highest BCUT2D eigenvalue weighted by atomic mass is 79.9. The number of halogens is 1. The van der Waals surface area contributed by atoms with E-state index >= 15 is 0 Å². The van der Waals surface area contributed by atoms with E-state index in [0.717, 1.165) is 21.3 Å². The maximum atomic E-state index is 5.60. The summed E-state index contributed by atoms with van der Waals surface area (Å²) in [6.07, 6.45) is 0. The Morgan fingerprint density at radius 1 is 1.18 bits per heavy atom. The molecule has 4 nitrogen and oxygen atoms in total. The molecular formula is C12H13BrN2O2. The number of hydrogen-bond donors (Lipinski definition) is 0. The third kappa shape index (κ3) is 2.85. The molecule has 0 bridgehead atoms. The largest absolute Gasteiger partial charge is 0.484 e. The average molecular weight is 297 g/mol. The molecule has 0 aliphatic rings. The number of aromatic nitrogens is 2. The molecule has 2 rings (SSSR count). The summed E-state index contributed by atoms with van der Waals surface area (Å²) < 4.78 is 11.9. The van der Waals surface area contributed by atoms with Crippen molar-refractivity contribution in [3.63, 3.8) is 0 Å². The van der Waals surface area contributed by atoms with E-state index in [1.165, 1.54) is 0 Å². The second kappa shape index (κ2) is 4.87. The molecule has 0 N–H and O–H groups in total. The molecule has 5 heteroatoms. The van der Waals surface area contributed by atoms with Crippen LogP contribution in [0.4, 0.5) is 0 Å². The Labute approximate surface area is 108 Å². The Bertz CT molecular complexity index is 514. The van der Waals surface area contributed by atoms with Gasteiger partial charge in [0.25, 0.3) is 5.89 Å². The lowest BCUT2D eigenvalue weighted by Gasteiger charge is -2.08. The molecule has 1 aromatic carbocycles. The Balaban J connectivity index is 2.09. The van der Waals surface area contributed by atoms with Gasteiger partial charge in [0.2, 0.25) is 5.89 Å². The minimum atomic E-state index is 0.293. The minimum Gasteiger partial charge on any atom is -0.484 e. The van der Waals surface area contributed by atoms with E-state index in [1.807, 2.05) is 26.0 Å². The smallest absolute Gasteiger partial charge is 0.253 e. The molecule has 0 saturated carbocycles. The van der Waals surface area contributed by atoms with Crippen LogP contribution in [0, 0.1) is 20.8 Å². The quantitative estimate of drug-likeness (QED) is 0.872. The minimum absolute atomic E-state index is 0.293. The Kier molecular flexibility index (Phi) is 3.47. The summed E-state index contributed by atoms with van der Waals surface area (Å²) in [7, 11) is 0. The normalized spacial score (nSPS) is 10.6. The molecule has 0 amide bonds. The van der Waals surface area contributed by atoms with Crippen LogP contribution in [0.2, 0.25) is 0 Å². The molecule has 17 heavy (non-hydrogen) atoms. The van der Waals surface area contributed by atoms with Crippen molar-refractivity contribution in [3.05, 3.63) is 39.5 Å². The summed E-state index contributed by atoms with van der Waals surface area (Å²) in [5, 5.41) is 7.62. The van der Waals surface area contributed by atoms with Crippen LogP contribution >= 0.6 is 15.9 Å². The molecule has 90 valence electrons. The molecule has 2 aromatic rings. The zero-order chi connectivity index (χ0) is 12.4. The second-order valence-corrected chi connectivity index (χ2v) is 4.67. The SMILES string of the molecule is Cc1nnc(COc2cc(C)c(Br)c(C)c2)o1. The molecular weight excluding hydrogens is 284 g/mol. The highest BCUT2D eigenvalue weighted by Gasteiger charge is 2.06. The zero-order valence-corrected chi connectivity index (χ0v) is 11.5. The van der Waals surface area contributed by atoms with Crippen molar-refractivity contribution >= 4 is 15.9 Å². The Morgan fingerprint density at radius 2 is 1.82 bits per heavy atom. The van der Waals surface area contributed by atoms with E-state index in [1.54, 1.807) is 6.92 Å². The molecule has 0 unspecified atom stereocenters. The van der Waals surface area contributed by atoms with Gasteiger partial charge < -0.3 is 9.15 Å². The third-order valence-electron chi connectivity index (χ3n) is 2.34. The van der Waals surface area contributed by atoms with Crippen LogP contribution in [0.25, 0.3) is 0 Å². The van der Waals surface area contributed by atoms with Crippen LogP contribution in [-0.2, 0) is 6.61 Å². The summed E-state index contributed by atoms with van der Waals surface area (Å²) in [5.41, 5.74) is 2.28. The molecule has 0 aliphatic heterocycles. The van der Waals surface area contributed by atoms with Gasteiger partial charge in [-0.15, -0.1) is 10.2 Å². The van der Waals surface area contributed by atoms with Gasteiger partial charge in [0.1, 0.15) is 5.75 Å². The molecule has 1 heterocycles. The number of nitrogens with zero attached hydrogens (tertiary/aromatic N) is 2. The van der Waals surface area contributed by atoms with Crippen molar-refractivity contribution in [3.8, 4) is 5.75 Å². The summed E-state index contributed by atoms with van der Waals surface area (Å²) >= 11 is 3.52. The van der Waals surface area contributed by atoms with Crippen molar-refractivity contribution in [2.24, 2.45) is 0 Å². The van der Waals surface area contributed by atoms with Crippen LogP contribution in [0.5, 0.6) is 5.75 Å². The third-order valence-corrected chi connectivity index (χ3v) is 3.59. The van der Waals surface area contributed by atoms with Crippen LogP contribution < -0.4 is 4.74 Å². The predicted molar refractivity (Wildman–Crippen MR) is 67.0 cm³/mol. The Morgan fingerprint density at radius 3 is 2.35 bits per heavy atom. The van der Waals surface area contributed by atoms with Crippen molar-refractivity contribution < 1.29 is 9.15 Å². The second-order valence-electron chi connectivity index (χ2n) is 3.87. The topological polar surface area (TPSA) is 48.2 Å². The van der Waals surface area contributed by atoms with Crippen LogP contribution in [0.1, 0.15) is 22.9 Å². The fourth-order valence-electron chi connectivity index (χ4n) is 1.53. The maximum absolute atomic E-state index is 5.60. The van der Waals surface area contributed by atoms with E-state index < -0.39 is 0 Å². The van der Waals surface area contributed by atoms with Gasteiger partial charge >= 0.3 is 0 Å². The van der Waals surface area contributed by atoms with Gasteiger partial charge in [0.05, 0.1) is 0 Å². The van der Waals surface area contributed by atoms with E-state index in [9.17, 15) is 0 Å². The monoisotopic (exact) mass is 296 g/mol. The van der Waals surface area contributed by atoms with Gasteiger partial charge in [0.15, 0.2) is 6.61 Å². The molecule has 0 spiro atoms. The van der Waals surface area contributed by atoms with E-state index in [-0.39, 0.29) is 0 Å². The van der Waals surface area contributed by atoms with Crippen molar-refractivity contribution in [1.29, 1.82) is 0 Å². The highest BCUT2D eigenvalue weighted by molar-refractivity contribution is 9.10. The number of rotatable bonds is 3. The van der Waals surface area contributed by atoms with Gasteiger partial charge in [0, 0.05) is 11.4 Å². The lowest BCUT2D eigenvalue weighted by molar-refractivity contribution is 0.260. The van der Waals surface area contributed by atoms with Gasteiger partial charge in [-0.05, 0) is 37.1 Å². The van der Waals surface area contributed by atoms with Crippen molar-refractivity contribution in [1.82, 2.24) is 10.2 Å². The number of hydrogen-bond acceptors (Lipinski definition) is 4. The fraction of sp³-hybridized carbons (Fsp3) is 0.333.